The molecule has 0 atom stereocenters. The first-order valence-electron chi connectivity index (χ1n) is 9.53. The van der Waals surface area contributed by atoms with Crippen molar-refractivity contribution in [3.8, 4) is 17.2 Å². The third-order valence-electron chi connectivity index (χ3n) is 4.67. The topological polar surface area (TPSA) is 64.4 Å². The van der Waals surface area contributed by atoms with Crippen LogP contribution < -0.4 is 10.1 Å². The summed E-state index contributed by atoms with van der Waals surface area (Å²) in [7, 11) is 1.50. The van der Waals surface area contributed by atoms with Gasteiger partial charge >= 0.3 is 0 Å². The number of nitrogens with zero attached hydrogens (tertiary/aromatic N) is 1. The Labute approximate surface area is 199 Å². The zero-order chi connectivity index (χ0) is 22.8. The van der Waals surface area contributed by atoms with Crippen molar-refractivity contribution in [2.24, 2.45) is 0 Å². The molecule has 1 N–H and O–H groups in total. The lowest BCUT2D eigenvalue weighted by molar-refractivity contribution is -0.111. The summed E-state index contributed by atoms with van der Waals surface area (Å²) in [6.45, 7) is 1.96. The van der Waals surface area contributed by atoms with Gasteiger partial charge in [0, 0.05) is 22.3 Å². The number of carbonyl (C=O) groups excluding carboxylic acids is 1. The molecule has 32 heavy (non-hydrogen) atoms. The summed E-state index contributed by atoms with van der Waals surface area (Å²) in [4.78, 5) is 16.9. The fourth-order valence-corrected chi connectivity index (χ4v) is 4.09. The largest absolute Gasteiger partial charge is 0.495 e. The zero-order valence-corrected chi connectivity index (χ0v) is 19.3. The summed E-state index contributed by atoms with van der Waals surface area (Å²) in [5.74, 6) is 0.512. The van der Waals surface area contributed by atoms with Crippen molar-refractivity contribution in [1.29, 1.82) is 0 Å². The molecule has 1 amide bonds. The quantitative estimate of drug-likeness (QED) is 0.297. The van der Waals surface area contributed by atoms with Gasteiger partial charge in [-0.15, -0.1) is 0 Å². The Balaban J connectivity index is 1.55. The monoisotopic (exact) mass is 486 g/mol. The average molecular weight is 488 g/mol. The molecule has 162 valence electrons. The Morgan fingerprint density at radius 3 is 2.62 bits per heavy atom. The van der Waals surface area contributed by atoms with Crippen LogP contribution in [-0.2, 0) is 4.79 Å². The van der Waals surface area contributed by atoms with Crippen LogP contribution in [0.5, 0.6) is 5.75 Å². The van der Waals surface area contributed by atoms with Gasteiger partial charge in [0.05, 0.1) is 22.7 Å². The minimum Gasteiger partial charge on any atom is -0.495 e. The van der Waals surface area contributed by atoms with Crippen LogP contribution in [0.2, 0.25) is 15.1 Å². The van der Waals surface area contributed by atoms with Gasteiger partial charge in [-0.3, -0.25) is 4.79 Å². The maximum absolute atomic E-state index is 12.4. The first-order valence-corrected chi connectivity index (χ1v) is 10.7. The van der Waals surface area contributed by atoms with Gasteiger partial charge < -0.3 is 14.5 Å². The number of benzene rings is 3. The van der Waals surface area contributed by atoms with Crippen molar-refractivity contribution in [1.82, 2.24) is 4.98 Å². The predicted molar refractivity (Wildman–Crippen MR) is 130 cm³/mol. The van der Waals surface area contributed by atoms with Crippen LogP contribution in [0.4, 0.5) is 5.69 Å². The van der Waals surface area contributed by atoms with E-state index in [0.717, 1.165) is 5.56 Å². The lowest BCUT2D eigenvalue weighted by atomic mass is 10.1. The smallest absolute Gasteiger partial charge is 0.248 e. The van der Waals surface area contributed by atoms with E-state index in [0.29, 0.717) is 54.6 Å². The van der Waals surface area contributed by atoms with E-state index >= 15 is 0 Å². The number of fused-ring (bicyclic) bond motifs is 1. The minimum absolute atomic E-state index is 0.340. The number of nitrogens with one attached hydrogen (secondary N) is 1. The van der Waals surface area contributed by atoms with Crippen LogP contribution in [0.25, 0.3) is 28.6 Å². The van der Waals surface area contributed by atoms with Gasteiger partial charge in [-0.1, -0.05) is 40.9 Å². The second kappa shape index (κ2) is 9.25. The number of ether oxygens (including phenoxy) is 1. The molecule has 0 aliphatic carbocycles. The minimum atomic E-state index is -0.340. The molecule has 0 saturated heterocycles. The van der Waals surface area contributed by atoms with Gasteiger partial charge in [0.2, 0.25) is 11.8 Å². The highest BCUT2D eigenvalue weighted by molar-refractivity contribution is 6.36. The number of rotatable bonds is 5. The molecular formula is C24H17Cl3N2O3. The Morgan fingerprint density at radius 2 is 1.88 bits per heavy atom. The van der Waals surface area contributed by atoms with E-state index in [1.54, 1.807) is 36.4 Å². The lowest BCUT2D eigenvalue weighted by Gasteiger charge is -2.08. The van der Waals surface area contributed by atoms with Gasteiger partial charge in [0.25, 0.3) is 0 Å². The van der Waals surface area contributed by atoms with Crippen LogP contribution in [0.3, 0.4) is 0 Å². The zero-order valence-electron chi connectivity index (χ0n) is 17.1. The fourth-order valence-electron chi connectivity index (χ4n) is 3.18. The van der Waals surface area contributed by atoms with E-state index in [-0.39, 0.29) is 5.91 Å². The van der Waals surface area contributed by atoms with Crippen molar-refractivity contribution in [3.63, 3.8) is 0 Å². The van der Waals surface area contributed by atoms with Crippen LogP contribution in [0.1, 0.15) is 11.1 Å². The van der Waals surface area contributed by atoms with Gasteiger partial charge in [0.15, 0.2) is 5.58 Å². The number of anilines is 1. The average Bonchev–Trinajstić information content (AvgIpc) is 3.15. The van der Waals surface area contributed by atoms with E-state index < -0.39 is 0 Å². The van der Waals surface area contributed by atoms with Gasteiger partial charge in [0.1, 0.15) is 11.3 Å². The van der Waals surface area contributed by atoms with E-state index in [9.17, 15) is 4.79 Å². The van der Waals surface area contributed by atoms with Crippen molar-refractivity contribution >= 4 is 63.6 Å². The van der Waals surface area contributed by atoms with E-state index in [1.165, 1.54) is 13.2 Å². The molecule has 3 aromatic carbocycles. The van der Waals surface area contributed by atoms with Crippen molar-refractivity contribution < 1.29 is 13.9 Å². The van der Waals surface area contributed by atoms with Gasteiger partial charge in [-0.2, -0.15) is 0 Å². The highest BCUT2D eigenvalue weighted by Gasteiger charge is 2.13. The Hall–Kier alpha value is -2.99. The van der Waals surface area contributed by atoms with Crippen LogP contribution in [-0.4, -0.2) is 18.0 Å². The first-order chi connectivity index (χ1) is 15.3. The molecule has 0 unspecified atom stereocenters. The molecule has 0 aliphatic rings. The van der Waals surface area contributed by atoms with Crippen molar-refractivity contribution in [2.45, 2.75) is 6.92 Å². The molecular weight excluding hydrogens is 471 g/mol. The highest BCUT2D eigenvalue weighted by Crippen LogP contribution is 2.33. The van der Waals surface area contributed by atoms with E-state index in [4.69, 9.17) is 44.0 Å². The standard InChI is InChI=1S/C24H17Cl3N2O3/c1-13-3-6-17(18(26)9-13)24-29-20-12-16(5-7-21(20)32-24)28-22(30)8-4-14-10-15(25)11-19(27)23(14)31-2/h3-12H,1-2H3,(H,28,30)/b8-4+. The number of amides is 1. The van der Waals surface area contributed by atoms with Crippen molar-refractivity contribution in [2.75, 3.05) is 12.4 Å². The lowest BCUT2D eigenvalue weighted by Crippen LogP contribution is -2.07. The van der Waals surface area contributed by atoms with Crippen LogP contribution in [0.15, 0.2) is 59.0 Å². The number of hydrogen-bond acceptors (Lipinski definition) is 4. The number of oxazole rings is 1. The Kier molecular flexibility index (Phi) is 6.42. The van der Waals surface area contributed by atoms with E-state index in [2.05, 4.69) is 10.3 Å². The summed E-state index contributed by atoms with van der Waals surface area (Å²) in [6.07, 6.45) is 2.95. The molecule has 0 spiro atoms. The number of methoxy groups -OCH3 is 1. The molecule has 5 nitrogen and oxygen atoms in total. The molecule has 0 aliphatic heterocycles. The van der Waals surface area contributed by atoms with Gasteiger partial charge in [-0.25, -0.2) is 4.98 Å². The Bertz CT molecular complexity index is 1360. The molecule has 1 aromatic heterocycles. The number of halogens is 3. The second-order valence-electron chi connectivity index (χ2n) is 7.02. The summed E-state index contributed by atoms with van der Waals surface area (Å²) in [5, 5.41) is 4.16. The SMILES string of the molecule is COc1c(Cl)cc(Cl)cc1/C=C/C(=O)Nc1ccc2oc(-c3ccc(C)cc3Cl)nc2c1. The summed E-state index contributed by atoms with van der Waals surface area (Å²) < 4.78 is 11.1. The molecule has 4 aromatic rings. The highest BCUT2D eigenvalue weighted by atomic mass is 35.5. The van der Waals surface area contributed by atoms with Gasteiger partial charge in [-0.05, 0) is 61.0 Å². The predicted octanol–water partition coefficient (Wildman–Crippen LogP) is 7.42. The molecule has 4 rings (SSSR count). The normalized spacial score (nSPS) is 11.3. The molecule has 8 heteroatoms. The second-order valence-corrected chi connectivity index (χ2v) is 8.27. The fraction of sp³-hybridized carbons (Fsp3) is 0.0833. The summed E-state index contributed by atoms with van der Waals surface area (Å²) in [5.41, 5.74) is 4.09. The first kappa shape index (κ1) is 22.2. The third kappa shape index (κ3) is 4.75. The molecule has 0 fully saturated rings. The molecule has 0 bridgehead atoms. The summed E-state index contributed by atoms with van der Waals surface area (Å²) >= 11 is 18.5. The molecule has 1 heterocycles. The van der Waals surface area contributed by atoms with E-state index in [1.807, 2.05) is 25.1 Å². The molecule has 0 saturated carbocycles. The summed E-state index contributed by atoms with van der Waals surface area (Å²) in [6, 6.07) is 14.1. The number of aromatic nitrogens is 1. The number of hydrogen-bond donors (Lipinski definition) is 1. The third-order valence-corrected chi connectivity index (χ3v) is 5.48. The van der Waals surface area contributed by atoms with Crippen LogP contribution >= 0.6 is 34.8 Å². The maximum Gasteiger partial charge on any atom is 0.248 e. The number of aryl methyl sites for hydroxylation is 1. The van der Waals surface area contributed by atoms with Crippen LogP contribution in [0, 0.1) is 6.92 Å². The molecule has 0 radical (unpaired) electrons. The Morgan fingerprint density at radius 1 is 1.06 bits per heavy atom. The van der Waals surface area contributed by atoms with Crippen molar-refractivity contribution in [3.05, 3.63) is 80.8 Å². The maximum atomic E-state index is 12.4. The number of carbonyl (C=O) groups is 1.